The number of nitrogens with one attached hydrogen (secondary N) is 1. The predicted octanol–water partition coefficient (Wildman–Crippen LogP) is 1.95. The third-order valence-corrected chi connectivity index (χ3v) is 2.82. The highest BCUT2D eigenvalue weighted by atomic mass is 19.1. The molecule has 7 heteroatoms. The van der Waals surface area contributed by atoms with Crippen LogP contribution < -0.4 is 16.8 Å². The second-order valence-corrected chi connectivity index (χ2v) is 4.29. The molecule has 6 N–H and O–H groups in total. The Morgan fingerprint density at radius 2 is 1.76 bits per heavy atom. The van der Waals surface area contributed by atoms with Crippen LogP contribution in [-0.2, 0) is 0 Å². The van der Waals surface area contributed by atoms with Crippen LogP contribution in [0.5, 0.6) is 0 Å². The number of benzene rings is 2. The van der Waals surface area contributed by atoms with Gasteiger partial charge in [0, 0.05) is 16.9 Å². The average Bonchev–Trinajstić information content (AvgIpc) is 2.42. The minimum atomic E-state index is -1.25. The predicted molar refractivity (Wildman–Crippen MR) is 76.0 cm³/mol. The van der Waals surface area contributed by atoms with E-state index in [9.17, 15) is 14.0 Å². The second-order valence-electron chi connectivity index (χ2n) is 4.29. The van der Waals surface area contributed by atoms with Gasteiger partial charge in [-0.05, 0) is 36.4 Å². The number of primary amides is 1. The van der Waals surface area contributed by atoms with Gasteiger partial charge in [0.2, 0.25) is 5.91 Å². The van der Waals surface area contributed by atoms with Crippen LogP contribution >= 0.6 is 0 Å². The van der Waals surface area contributed by atoms with E-state index in [0.29, 0.717) is 11.3 Å². The van der Waals surface area contributed by atoms with Crippen molar-refractivity contribution in [3.8, 4) is 0 Å². The van der Waals surface area contributed by atoms with Crippen LogP contribution in [0.25, 0.3) is 0 Å². The molecule has 0 atom stereocenters. The maximum Gasteiger partial charge on any atom is 0.337 e. The van der Waals surface area contributed by atoms with E-state index in [0.717, 1.165) is 12.1 Å². The molecule has 2 aromatic carbocycles. The van der Waals surface area contributed by atoms with Gasteiger partial charge in [-0.3, -0.25) is 4.79 Å². The fourth-order valence-electron chi connectivity index (χ4n) is 1.74. The first-order chi connectivity index (χ1) is 9.88. The first kappa shape index (κ1) is 14.3. The maximum atomic E-state index is 13.8. The van der Waals surface area contributed by atoms with Crippen molar-refractivity contribution in [2.75, 3.05) is 11.1 Å². The Morgan fingerprint density at radius 3 is 2.29 bits per heavy atom. The number of anilines is 3. The van der Waals surface area contributed by atoms with Gasteiger partial charge < -0.3 is 21.9 Å². The number of nitrogen functional groups attached to an aromatic ring is 1. The number of carbonyl (C=O) groups is 2. The Morgan fingerprint density at radius 1 is 1.14 bits per heavy atom. The highest BCUT2D eigenvalue weighted by Gasteiger charge is 2.13. The zero-order valence-electron chi connectivity index (χ0n) is 10.8. The Labute approximate surface area is 119 Å². The van der Waals surface area contributed by atoms with Gasteiger partial charge in [0.25, 0.3) is 0 Å². The minimum absolute atomic E-state index is 0.0339. The number of amides is 1. The molecule has 0 saturated carbocycles. The molecule has 2 aromatic rings. The fraction of sp³-hybridized carbons (Fsp3) is 0. The average molecular weight is 289 g/mol. The molecular formula is C14H12FN3O3. The van der Waals surface area contributed by atoms with Crippen LogP contribution in [0.3, 0.4) is 0 Å². The molecule has 21 heavy (non-hydrogen) atoms. The van der Waals surface area contributed by atoms with Crippen LogP contribution in [0.15, 0.2) is 36.4 Å². The van der Waals surface area contributed by atoms with E-state index in [1.807, 2.05) is 0 Å². The second kappa shape index (κ2) is 5.49. The number of hydrogen-bond donors (Lipinski definition) is 4. The highest BCUT2D eigenvalue weighted by molar-refractivity contribution is 5.95. The van der Waals surface area contributed by atoms with E-state index in [1.165, 1.54) is 24.3 Å². The van der Waals surface area contributed by atoms with Crippen LogP contribution in [0.1, 0.15) is 20.7 Å². The summed E-state index contributed by atoms with van der Waals surface area (Å²) in [6, 6.07) is 8.03. The topological polar surface area (TPSA) is 118 Å². The first-order valence-electron chi connectivity index (χ1n) is 5.87. The lowest BCUT2D eigenvalue weighted by Gasteiger charge is -2.10. The number of hydrogen-bond acceptors (Lipinski definition) is 4. The Balaban J connectivity index is 2.32. The summed E-state index contributed by atoms with van der Waals surface area (Å²) >= 11 is 0. The summed E-state index contributed by atoms with van der Waals surface area (Å²) in [6.45, 7) is 0. The number of nitrogens with two attached hydrogens (primary N) is 2. The van der Waals surface area contributed by atoms with Crippen LogP contribution in [-0.4, -0.2) is 17.0 Å². The fourth-order valence-corrected chi connectivity index (χ4v) is 1.74. The van der Waals surface area contributed by atoms with Gasteiger partial charge in [-0.25, -0.2) is 9.18 Å². The SMILES string of the molecule is NC(=O)c1ccc(Nc2cc(C(=O)O)c(N)cc2F)cc1. The lowest BCUT2D eigenvalue weighted by molar-refractivity contribution is 0.0698. The van der Waals surface area contributed by atoms with E-state index in [4.69, 9.17) is 16.6 Å². The largest absolute Gasteiger partial charge is 0.478 e. The molecule has 6 nitrogen and oxygen atoms in total. The van der Waals surface area contributed by atoms with Crippen molar-refractivity contribution < 1.29 is 19.1 Å². The smallest absolute Gasteiger partial charge is 0.337 e. The Hall–Kier alpha value is -3.09. The molecule has 0 aromatic heterocycles. The van der Waals surface area contributed by atoms with Crippen LogP contribution in [0.4, 0.5) is 21.5 Å². The summed E-state index contributed by atoms with van der Waals surface area (Å²) in [5.41, 5.74) is 10.9. The summed E-state index contributed by atoms with van der Waals surface area (Å²) in [6.07, 6.45) is 0. The lowest BCUT2D eigenvalue weighted by Crippen LogP contribution is -2.10. The van der Waals surface area contributed by atoms with Crippen molar-refractivity contribution in [1.29, 1.82) is 0 Å². The number of carboxylic acid groups (broad SMARTS) is 1. The van der Waals surface area contributed by atoms with Gasteiger partial charge in [0.05, 0.1) is 11.3 Å². The van der Waals surface area contributed by atoms with Gasteiger partial charge in [0.1, 0.15) is 5.82 Å². The van der Waals surface area contributed by atoms with Crippen molar-refractivity contribution in [2.24, 2.45) is 5.73 Å². The number of carbonyl (C=O) groups excluding carboxylic acids is 1. The number of rotatable bonds is 4. The minimum Gasteiger partial charge on any atom is -0.478 e. The summed E-state index contributed by atoms with van der Waals surface area (Å²) in [5, 5.41) is 11.7. The number of aromatic carboxylic acids is 1. The van der Waals surface area contributed by atoms with Gasteiger partial charge in [-0.1, -0.05) is 0 Å². The Kier molecular flexibility index (Phi) is 3.75. The number of halogens is 1. The van der Waals surface area contributed by atoms with Crippen molar-refractivity contribution in [3.63, 3.8) is 0 Å². The summed E-state index contributed by atoms with van der Waals surface area (Å²) in [5.74, 6) is -2.51. The van der Waals surface area contributed by atoms with E-state index >= 15 is 0 Å². The van der Waals surface area contributed by atoms with Gasteiger partial charge >= 0.3 is 5.97 Å². The molecule has 2 rings (SSSR count). The van der Waals surface area contributed by atoms with Crippen molar-refractivity contribution in [3.05, 3.63) is 53.3 Å². The molecule has 0 radical (unpaired) electrons. The molecule has 0 spiro atoms. The molecule has 1 amide bonds. The van der Waals surface area contributed by atoms with Crippen molar-refractivity contribution in [1.82, 2.24) is 0 Å². The molecule has 0 bridgehead atoms. The summed E-state index contributed by atoms with van der Waals surface area (Å²) in [4.78, 5) is 21.9. The molecule has 0 heterocycles. The zero-order chi connectivity index (χ0) is 15.6. The zero-order valence-corrected chi connectivity index (χ0v) is 10.8. The summed E-state index contributed by atoms with van der Waals surface area (Å²) < 4.78 is 13.8. The highest BCUT2D eigenvalue weighted by Crippen LogP contribution is 2.25. The third-order valence-electron chi connectivity index (χ3n) is 2.82. The molecule has 0 fully saturated rings. The van der Waals surface area contributed by atoms with Gasteiger partial charge in [0.15, 0.2) is 0 Å². The van der Waals surface area contributed by atoms with E-state index in [1.54, 1.807) is 0 Å². The quantitative estimate of drug-likeness (QED) is 0.641. The van der Waals surface area contributed by atoms with Crippen LogP contribution in [0, 0.1) is 5.82 Å². The molecule has 0 unspecified atom stereocenters. The van der Waals surface area contributed by atoms with E-state index in [2.05, 4.69) is 5.32 Å². The molecule has 108 valence electrons. The molecule has 0 aliphatic carbocycles. The molecule has 0 aliphatic heterocycles. The summed E-state index contributed by atoms with van der Waals surface area (Å²) in [7, 11) is 0. The van der Waals surface area contributed by atoms with Gasteiger partial charge in [-0.2, -0.15) is 0 Å². The first-order valence-corrected chi connectivity index (χ1v) is 5.87. The van der Waals surface area contributed by atoms with Crippen LogP contribution in [0.2, 0.25) is 0 Å². The molecule has 0 saturated heterocycles. The lowest BCUT2D eigenvalue weighted by atomic mass is 10.1. The molecular weight excluding hydrogens is 277 g/mol. The normalized spacial score (nSPS) is 10.1. The monoisotopic (exact) mass is 289 g/mol. The van der Waals surface area contributed by atoms with E-state index < -0.39 is 17.7 Å². The third kappa shape index (κ3) is 3.08. The molecule has 0 aliphatic rings. The van der Waals surface area contributed by atoms with E-state index in [-0.39, 0.29) is 16.9 Å². The Bertz CT molecular complexity index is 714. The maximum absolute atomic E-state index is 13.8. The standard InChI is InChI=1S/C14H12FN3O3/c15-10-6-11(16)9(14(20)21)5-12(10)18-8-3-1-7(2-4-8)13(17)19/h1-6,18H,16H2,(H2,17,19)(H,20,21). The van der Waals surface area contributed by atoms with Crippen molar-refractivity contribution >= 4 is 28.9 Å². The van der Waals surface area contributed by atoms with Crippen molar-refractivity contribution in [2.45, 2.75) is 0 Å². The number of carboxylic acids is 1. The van der Waals surface area contributed by atoms with Gasteiger partial charge in [-0.15, -0.1) is 0 Å².